The molecule has 0 aromatic rings. The second-order valence-electron chi connectivity index (χ2n) is 2.47. The van der Waals surface area contributed by atoms with Crippen LogP contribution in [0.25, 0.3) is 0 Å². The first kappa shape index (κ1) is 11.5. The third kappa shape index (κ3) is 4.44. The molecule has 2 N–H and O–H groups in total. The third-order valence-corrected chi connectivity index (χ3v) is 3.58. The topological polar surface area (TPSA) is 88.5 Å². The van der Waals surface area contributed by atoms with Gasteiger partial charge in [-0.2, -0.15) is 4.67 Å². The Hall–Kier alpha value is 0.420. The predicted molar refractivity (Wildman–Crippen MR) is 45.3 cm³/mol. The molecular weight excluding hydrogens is 220 g/mol. The van der Waals surface area contributed by atoms with E-state index in [1.165, 1.54) is 0 Å². The standard InChI is InChI=1S/C4H11NO6P2/c6-10-11-12-3-5-1-2-9-13(7,8)4-5/h6,12H,1-4H2,(H,7,8). The van der Waals surface area contributed by atoms with Gasteiger partial charge in [0.05, 0.1) is 15.4 Å². The highest BCUT2D eigenvalue weighted by molar-refractivity contribution is 7.52. The van der Waals surface area contributed by atoms with Crippen molar-refractivity contribution in [2.45, 2.75) is 0 Å². The molecule has 7 nitrogen and oxygen atoms in total. The highest BCUT2D eigenvalue weighted by Crippen LogP contribution is 2.45. The van der Waals surface area contributed by atoms with Crippen LogP contribution in [0.4, 0.5) is 0 Å². The van der Waals surface area contributed by atoms with Crippen LogP contribution in [0.15, 0.2) is 0 Å². The maximum Gasteiger partial charge on any atom is 0.342 e. The Morgan fingerprint density at radius 3 is 3.08 bits per heavy atom. The predicted octanol–water partition coefficient (Wildman–Crippen LogP) is 0.434. The normalized spacial score (nSPS) is 31.5. The van der Waals surface area contributed by atoms with Gasteiger partial charge in [-0.25, -0.2) is 5.26 Å². The lowest BCUT2D eigenvalue weighted by molar-refractivity contribution is -0.435. The molecule has 1 rings (SSSR count). The number of hydrogen-bond donors (Lipinski definition) is 2. The molecule has 1 saturated heterocycles. The van der Waals surface area contributed by atoms with Crippen molar-refractivity contribution in [3.05, 3.63) is 0 Å². The summed E-state index contributed by atoms with van der Waals surface area (Å²) in [4.78, 5) is 10.8. The zero-order chi connectivity index (χ0) is 9.73. The Kier molecular flexibility index (Phi) is 4.72. The lowest BCUT2D eigenvalue weighted by atomic mass is 10.6. The van der Waals surface area contributed by atoms with Gasteiger partial charge in [0.1, 0.15) is 6.29 Å². The van der Waals surface area contributed by atoms with Crippen LogP contribution < -0.4 is 0 Å². The molecular formula is C4H11NO6P2. The van der Waals surface area contributed by atoms with Crippen molar-refractivity contribution in [2.75, 3.05) is 25.7 Å². The van der Waals surface area contributed by atoms with Gasteiger partial charge < -0.3 is 9.42 Å². The van der Waals surface area contributed by atoms with Crippen molar-refractivity contribution in [1.82, 2.24) is 4.90 Å². The van der Waals surface area contributed by atoms with E-state index in [1.807, 2.05) is 0 Å². The molecule has 13 heavy (non-hydrogen) atoms. The Balaban J connectivity index is 2.23. The highest BCUT2D eigenvalue weighted by Gasteiger charge is 2.28. The van der Waals surface area contributed by atoms with Crippen molar-refractivity contribution in [3.8, 4) is 0 Å². The largest absolute Gasteiger partial charge is 0.342 e. The van der Waals surface area contributed by atoms with Gasteiger partial charge in [-0.3, -0.25) is 9.46 Å². The smallest absolute Gasteiger partial charge is 0.323 e. The average Bonchev–Trinajstić information content (AvgIpc) is 2.03. The SMILES string of the molecule is O=P1(O)CN(CPOOO)CCO1. The third-order valence-electron chi connectivity index (χ3n) is 1.46. The van der Waals surface area contributed by atoms with Crippen molar-refractivity contribution in [3.63, 3.8) is 0 Å². The molecule has 1 aliphatic heterocycles. The van der Waals surface area contributed by atoms with E-state index in [2.05, 4.69) is 14.2 Å². The summed E-state index contributed by atoms with van der Waals surface area (Å²) in [6.07, 6.45) is 0.434. The van der Waals surface area contributed by atoms with E-state index in [0.29, 0.717) is 12.8 Å². The minimum atomic E-state index is -3.42. The van der Waals surface area contributed by atoms with Crippen LogP contribution in [0, 0.1) is 0 Å². The second kappa shape index (κ2) is 5.34. The quantitative estimate of drug-likeness (QED) is 0.314. The molecule has 9 heteroatoms. The molecule has 1 fully saturated rings. The summed E-state index contributed by atoms with van der Waals surface area (Å²) in [7, 11) is -3.51. The summed E-state index contributed by atoms with van der Waals surface area (Å²) in [6, 6.07) is 0. The molecule has 1 aliphatic rings. The zero-order valence-electron chi connectivity index (χ0n) is 6.75. The number of nitrogens with zero attached hydrogens (tertiary/aromatic N) is 1. The molecule has 0 amide bonds. The van der Waals surface area contributed by atoms with Crippen LogP contribution in [-0.4, -0.2) is 40.8 Å². The minimum absolute atomic E-state index is 0.00517. The molecule has 0 saturated carbocycles. The van der Waals surface area contributed by atoms with E-state index in [1.54, 1.807) is 4.90 Å². The van der Waals surface area contributed by atoms with Gasteiger partial charge in [-0.1, -0.05) is 5.04 Å². The van der Waals surface area contributed by atoms with E-state index in [9.17, 15) is 4.57 Å². The van der Waals surface area contributed by atoms with Crippen LogP contribution in [0.2, 0.25) is 0 Å². The van der Waals surface area contributed by atoms with Gasteiger partial charge in [-0.15, -0.1) is 0 Å². The molecule has 0 aromatic carbocycles. The zero-order valence-corrected chi connectivity index (χ0v) is 8.64. The molecule has 1 heterocycles. The molecule has 2 unspecified atom stereocenters. The summed E-state index contributed by atoms with van der Waals surface area (Å²) in [5, 5.41) is 11.2. The van der Waals surface area contributed by atoms with Gasteiger partial charge in [0, 0.05) is 12.8 Å². The van der Waals surface area contributed by atoms with Gasteiger partial charge >= 0.3 is 7.60 Å². The van der Waals surface area contributed by atoms with Gasteiger partial charge in [0.15, 0.2) is 0 Å². The molecule has 0 spiro atoms. The lowest BCUT2D eigenvalue weighted by Crippen LogP contribution is -2.32. The molecule has 0 aromatic heterocycles. The minimum Gasteiger partial charge on any atom is -0.323 e. The number of rotatable bonds is 4. The summed E-state index contributed by atoms with van der Waals surface area (Å²) in [5.74, 6) is 0. The first-order valence-electron chi connectivity index (χ1n) is 3.53. The maximum atomic E-state index is 11.1. The van der Waals surface area contributed by atoms with E-state index < -0.39 is 7.60 Å². The molecule has 0 aliphatic carbocycles. The Morgan fingerprint density at radius 2 is 2.46 bits per heavy atom. The van der Waals surface area contributed by atoms with E-state index in [-0.39, 0.29) is 21.7 Å². The van der Waals surface area contributed by atoms with Gasteiger partial charge in [0.2, 0.25) is 0 Å². The van der Waals surface area contributed by atoms with Crippen LogP contribution in [0.3, 0.4) is 0 Å². The van der Waals surface area contributed by atoms with E-state index in [0.717, 1.165) is 0 Å². The summed E-state index contributed by atoms with van der Waals surface area (Å²) < 4.78 is 19.9. The first-order valence-corrected chi connectivity index (χ1v) is 6.40. The summed E-state index contributed by atoms with van der Waals surface area (Å²) in [5.41, 5.74) is 0. The maximum absolute atomic E-state index is 11.1. The van der Waals surface area contributed by atoms with Crippen LogP contribution in [-0.2, 0) is 18.8 Å². The summed E-state index contributed by atoms with van der Waals surface area (Å²) >= 11 is 0. The van der Waals surface area contributed by atoms with Crippen molar-refractivity contribution >= 4 is 16.4 Å². The highest BCUT2D eigenvalue weighted by atomic mass is 31.2. The fourth-order valence-electron chi connectivity index (χ4n) is 0.950. The Bertz CT molecular complexity index is 201. The van der Waals surface area contributed by atoms with Gasteiger partial charge in [0.25, 0.3) is 0 Å². The molecule has 0 bridgehead atoms. The average molecular weight is 231 g/mol. The van der Waals surface area contributed by atoms with Crippen molar-refractivity contribution in [1.29, 1.82) is 0 Å². The lowest BCUT2D eigenvalue weighted by Gasteiger charge is -2.28. The van der Waals surface area contributed by atoms with Crippen LogP contribution >= 0.6 is 16.4 Å². The Labute approximate surface area is 76.8 Å². The molecule has 0 radical (unpaired) electrons. The summed E-state index contributed by atoms with van der Waals surface area (Å²) in [6.45, 7) is 0.810. The molecule has 78 valence electrons. The van der Waals surface area contributed by atoms with Crippen LogP contribution in [0.1, 0.15) is 0 Å². The van der Waals surface area contributed by atoms with E-state index >= 15 is 0 Å². The fourth-order valence-corrected chi connectivity index (χ4v) is 2.89. The van der Waals surface area contributed by atoms with Crippen molar-refractivity contribution < 1.29 is 29.0 Å². The van der Waals surface area contributed by atoms with Crippen molar-refractivity contribution in [2.24, 2.45) is 0 Å². The monoisotopic (exact) mass is 231 g/mol. The second-order valence-corrected chi connectivity index (χ2v) is 5.05. The number of hydrogen-bond acceptors (Lipinski definition) is 6. The Morgan fingerprint density at radius 1 is 1.69 bits per heavy atom. The fraction of sp³-hybridized carbons (Fsp3) is 1.00. The van der Waals surface area contributed by atoms with Gasteiger partial charge in [-0.05, 0) is 0 Å². The molecule has 2 atom stereocenters. The first-order chi connectivity index (χ1) is 6.14. The van der Waals surface area contributed by atoms with E-state index in [4.69, 9.17) is 10.2 Å². The van der Waals surface area contributed by atoms with Crippen LogP contribution in [0.5, 0.6) is 0 Å².